The van der Waals surface area contributed by atoms with Gasteiger partial charge in [-0.05, 0) is 94.3 Å². The average molecular weight is 1020 g/mol. The van der Waals surface area contributed by atoms with Crippen LogP contribution in [0.15, 0.2) is 170 Å². The first-order valence-electron chi connectivity index (χ1n) is 23.1. The molecular weight excluding hydrogens is 977 g/mol. The number of benzene rings is 8. The molecule has 1 aliphatic rings. The van der Waals surface area contributed by atoms with E-state index in [1.54, 1.807) is 24.3 Å². The molecule has 4 heterocycles. The van der Waals surface area contributed by atoms with E-state index in [2.05, 4.69) is 0 Å². The van der Waals surface area contributed by atoms with E-state index in [1.807, 2.05) is 121 Å². The van der Waals surface area contributed by atoms with Crippen molar-refractivity contribution in [3.05, 3.63) is 234 Å². The Hall–Kier alpha value is -8.00. The summed E-state index contributed by atoms with van der Waals surface area (Å²) in [5, 5.41) is 102. The van der Waals surface area contributed by atoms with Crippen molar-refractivity contribution < 1.29 is 40.9 Å². The number of hydrogen-bond donors (Lipinski definition) is 8. The Morgan fingerprint density at radius 3 is 0.583 bits per heavy atom. The summed E-state index contributed by atoms with van der Waals surface area (Å²) >= 11 is 5.92. The maximum atomic E-state index is 12.3. The van der Waals surface area contributed by atoms with Gasteiger partial charge in [0.05, 0.1) is 23.7 Å². The first-order chi connectivity index (χ1) is 34.9. The fourth-order valence-electron chi connectivity index (χ4n) is 10.8. The van der Waals surface area contributed by atoms with Crippen LogP contribution in [0, 0.1) is 0 Å². The van der Waals surface area contributed by atoms with Crippen LogP contribution in [0.1, 0.15) is 87.7 Å². The molecule has 0 aliphatic heterocycles. The van der Waals surface area contributed by atoms with Crippen molar-refractivity contribution in [1.82, 2.24) is 0 Å². The number of phenolic OH excluding ortho intramolecular Hbond substituents is 8. The molecular formula is C60H40O8S4. The van der Waals surface area contributed by atoms with E-state index in [0.717, 1.165) is 59.9 Å². The van der Waals surface area contributed by atoms with E-state index >= 15 is 0 Å². The van der Waals surface area contributed by atoms with Crippen LogP contribution >= 0.6 is 45.3 Å². The Morgan fingerprint density at radius 1 is 0.222 bits per heavy atom. The molecule has 0 saturated heterocycles. The fourth-order valence-corrected chi connectivity index (χ4v) is 15.6. The van der Waals surface area contributed by atoms with Crippen LogP contribution in [0.5, 0.6) is 46.0 Å². The average Bonchev–Trinajstić information content (AvgIpc) is 4.18. The smallest absolute Gasteiger partial charge is 0.123 e. The van der Waals surface area contributed by atoms with Crippen LogP contribution in [-0.4, -0.2) is 40.9 Å². The summed E-state index contributed by atoms with van der Waals surface area (Å²) in [7, 11) is 0. The molecule has 0 saturated carbocycles. The molecule has 12 heteroatoms. The van der Waals surface area contributed by atoms with Crippen LogP contribution in [-0.2, 0) is 0 Å². The maximum Gasteiger partial charge on any atom is 0.123 e. The Morgan fingerprint density at radius 2 is 0.403 bits per heavy atom. The zero-order valence-electron chi connectivity index (χ0n) is 37.7. The monoisotopic (exact) mass is 1020 g/mol. The van der Waals surface area contributed by atoms with Crippen molar-refractivity contribution in [2.45, 2.75) is 23.7 Å². The van der Waals surface area contributed by atoms with E-state index in [9.17, 15) is 40.9 Å². The van der Waals surface area contributed by atoms with Gasteiger partial charge in [0.1, 0.15) is 46.0 Å². The van der Waals surface area contributed by atoms with Crippen molar-refractivity contribution in [2.75, 3.05) is 0 Å². The van der Waals surface area contributed by atoms with Crippen molar-refractivity contribution >= 4 is 85.7 Å². The van der Waals surface area contributed by atoms with Crippen LogP contribution in [0.2, 0.25) is 0 Å². The number of aromatic hydroxyl groups is 8. The number of fused-ring (bicyclic) bond motifs is 12. The lowest BCUT2D eigenvalue weighted by Crippen LogP contribution is -2.11. The SMILES string of the molecule is Oc1cc(O)c2cc1C(c1cc3ccccc3s1)c1cc(c(O)cc1O)C(c1cc3ccccc3s1)c1cc(c(O)cc1O)C(c1cc3ccccc3s1)c1cc(c(O)cc1O)C2c1cc2ccccc2s1. The zero-order valence-corrected chi connectivity index (χ0v) is 41.0. The van der Waals surface area contributed by atoms with Crippen molar-refractivity contribution in [3.8, 4) is 46.0 Å². The van der Waals surface area contributed by atoms with Gasteiger partial charge in [-0.2, -0.15) is 0 Å². The summed E-state index contributed by atoms with van der Waals surface area (Å²) in [6.07, 6.45) is 0. The molecule has 8 nitrogen and oxygen atoms in total. The van der Waals surface area contributed by atoms with E-state index in [-0.39, 0.29) is 46.0 Å². The molecule has 0 radical (unpaired) electrons. The third kappa shape index (κ3) is 7.12. The summed E-state index contributed by atoms with van der Waals surface area (Å²) in [6.45, 7) is 0. The zero-order chi connectivity index (χ0) is 49.1. The third-order valence-electron chi connectivity index (χ3n) is 14.1. The number of thiophene rings is 4. The minimum atomic E-state index is -0.912. The van der Waals surface area contributed by atoms with Gasteiger partial charge in [-0.15, -0.1) is 45.3 Å². The van der Waals surface area contributed by atoms with Crippen molar-refractivity contribution in [1.29, 1.82) is 0 Å². The molecule has 0 atom stereocenters. The highest BCUT2D eigenvalue weighted by molar-refractivity contribution is 7.20. The molecule has 0 fully saturated rings. The maximum absolute atomic E-state index is 12.3. The number of phenols is 8. The van der Waals surface area contributed by atoms with Crippen LogP contribution in [0.25, 0.3) is 40.3 Å². The Labute approximate surface area is 427 Å². The normalized spacial score (nSPS) is 16.8. The molecule has 1 aliphatic carbocycles. The fraction of sp³-hybridized carbons (Fsp3) is 0.0667. The van der Waals surface area contributed by atoms with Gasteiger partial charge in [-0.25, -0.2) is 0 Å². The van der Waals surface area contributed by atoms with Gasteiger partial charge in [-0.3, -0.25) is 0 Å². The predicted octanol–water partition coefficient (Wildman–Crippen LogP) is 15.2. The Balaban J connectivity index is 1.19. The summed E-state index contributed by atoms with van der Waals surface area (Å²) < 4.78 is 3.83. The molecule has 8 bridgehead atoms. The first-order valence-corrected chi connectivity index (χ1v) is 26.4. The quantitative estimate of drug-likeness (QED) is 0.0864. The molecule has 0 unspecified atom stereocenters. The lowest BCUT2D eigenvalue weighted by Gasteiger charge is -2.28. The van der Waals surface area contributed by atoms with Gasteiger partial charge in [0, 0.05) is 107 Å². The molecule has 0 amide bonds. The molecule has 352 valence electrons. The minimum Gasteiger partial charge on any atom is -0.507 e. The molecule has 12 aromatic rings. The highest BCUT2D eigenvalue weighted by Gasteiger charge is 2.37. The molecule has 13 rings (SSSR count). The van der Waals surface area contributed by atoms with Gasteiger partial charge in [0.15, 0.2) is 0 Å². The molecule has 72 heavy (non-hydrogen) atoms. The molecule has 0 spiro atoms. The van der Waals surface area contributed by atoms with Crippen LogP contribution in [0.4, 0.5) is 0 Å². The summed E-state index contributed by atoms with van der Waals surface area (Å²) in [5.74, 6) is -5.71. The second-order valence-corrected chi connectivity index (χ2v) is 22.8. The standard InChI is InChI=1S/C60H40O8S4/c61-41-25-43(63)35-21-33(41)57(53-17-29-9-1-5-13-49(29)69-53)34-22-36(44(64)26-42(34)62)59(55-19-31-11-3-7-15-51(31)71-55)38-24-40(48(68)28-46(38)66)60(56-20-32-12-4-8-16-52(32)72-56)39-23-37(45(65)27-47(39)67)58(35)54-18-30-10-2-6-14-50(30)70-54/h1-28,57-68H. The van der Waals surface area contributed by atoms with Gasteiger partial charge in [0.25, 0.3) is 0 Å². The largest absolute Gasteiger partial charge is 0.507 e. The minimum absolute atomic E-state index is 0.258. The van der Waals surface area contributed by atoms with Crippen LogP contribution in [0.3, 0.4) is 0 Å². The van der Waals surface area contributed by atoms with E-state index in [0.29, 0.717) is 44.5 Å². The van der Waals surface area contributed by atoms with E-state index < -0.39 is 23.7 Å². The topological polar surface area (TPSA) is 162 Å². The van der Waals surface area contributed by atoms with Gasteiger partial charge in [0.2, 0.25) is 0 Å². The Kier molecular flexibility index (Phi) is 10.3. The highest BCUT2D eigenvalue weighted by Crippen LogP contribution is 2.56. The first kappa shape index (κ1) is 44.0. The van der Waals surface area contributed by atoms with E-state index in [4.69, 9.17) is 0 Å². The van der Waals surface area contributed by atoms with Gasteiger partial charge < -0.3 is 40.9 Å². The second-order valence-electron chi connectivity index (χ2n) is 18.4. The van der Waals surface area contributed by atoms with E-state index in [1.165, 1.54) is 69.6 Å². The molecule has 4 aromatic heterocycles. The van der Waals surface area contributed by atoms with Crippen molar-refractivity contribution in [3.63, 3.8) is 0 Å². The van der Waals surface area contributed by atoms with Crippen molar-refractivity contribution in [2.24, 2.45) is 0 Å². The Bertz CT molecular complexity index is 3390. The lowest BCUT2D eigenvalue weighted by atomic mass is 9.78. The predicted molar refractivity (Wildman–Crippen MR) is 290 cm³/mol. The lowest BCUT2D eigenvalue weighted by molar-refractivity contribution is 0.432. The molecule has 8 N–H and O–H groups in total. The van der Waals surface area contributed by atoms with Gasteiger partial charge in [-0.1, -0.05) is 72.8 Å². The summed E-state index contributed by atoms with van der Waals surface area (Å²) in [6, 6.07) is 51.7. The van der Waals surface area contributed by atoms with Crippen LogP contribution < -0.4 is 0 Å². The molecule has 8 aromatic carbocycles. The number of hydrogen-bond acceptors (Lipinski definition) is 12. The summed E-state index contributed by atoms with van der Waals surface area (Å²) in [5.41, 5.74) is 2.62. The third-order valence-corrected chi connectivity index (χ3v) is 18.8. The van der Waals surface area contributed by atoms with Gasteiger partial charge >= 0.3 is 0 Å². The highest BCUT2D eigenvalue weighted by atomic mass is 32.1. The summed E-state index contributed by atoms with van der Waals surface area (Å²) in [4.78, 5) is 2.96. The number of rotatable bonds is 4. The second kappa shape index (κ2) is 16.8.